The summed E-state index contributed by atoms with van der Waals surface area (Å²) in [6, 6.07) is 1.73. The number of aliphatic hydroxyl groups is 1. The highest BCUT2D eigenvalue weighted by atomic mass is 32.2. The number of nitrogens with one attached hydrogen (secondary N) is 1. The Morgan fingerprint density at radius 2 is 2.29 bits per heavy atom. The van der Waals surface area contributed by atoms with E-state index in [1.807, 2.05) is 0 Å². The van der Waals surface area contributed by atoms with Gasteiger partial charge in [0.05, 0.1) is 6.61 Å². The second-order valence-electron chi connectivity index (χ2n) is 3.85. The molecule has 0 radical (unpaired) electrons. The quantitative estimate of drug-likeness (QED) is 0.766. The Labute approximate surface area is 127 Å². The van der Waals surface area contributed by atoms with Crippen molar-refractivity contribution in [2.75, 3.05) is 20.3 Å². The number of ether oxygens (including phenoxy) is 1. The van der Waals surface area contributed by atoms with E-state index < -0.39 is 16.3 Å². The normalized spacial score (nSPS) is 10.9. The number of carbonyl (C=O) groups is 1. The van der Waals surface area contributed by atoms with Crippen LogP contribution >= 0.6 is 11.3 Å². The van der Waals surface area contributed by atoms with Crippen LogP contribution in [0.2, 0.25) is 0 Å². The van der Waals surface area contributed by atoms with Gasteiger partial charge in [-0.15, -0.1) is 11.3 Å². The number of hydrogen-bond donors (Lipinski definition) is 2. The highest BCUT2D eigenvalue weighted by molar-refractivity contribution is 7.87. The van der Waals surface area contributed by atoms with E-state index in [4.69, 9.17) is 5.11 Å². The van der Waals surface area contributed by atoms with Gasteiger partial charge >= 0.3 is 16.3 Å². The maximum atomic E-state index is 11.9. The largest absolute Gasteiger partial charge is 0.449 e. The minimum Gasteiger partial charge on any atom is -0.449 e. The zero-order valence-corrected chi connectivity index (χ0v) is 13.3. The minimum absolute atomic E-state index is 0.0862. The third kappa shape index (κ3) is 5.73. The summed E-state index contributed by atoms with van der Waals surface area (Å²) in [6.45, 7) is 1.53. The van der Waals surface area contributed by atoms with Crippen molar-refractivity contribution in [1.82, 2.24) is 9.03 Å². The SMILES string of the molecule is CCOC(=O)NS(=O)(=O)N(C)Cc1cc(C#CCO)cs1. The van der Waals surface area contributed by atoms with Gasteiger partial charge < -0.3 is 9.84 Å². The lowest BCUT2D eigenvalue weighted by Crippen LogP contribution is -2.41. The molecule has 0 aromatic carbocycles. The van der Waals surface area contributed by atoms with Crippen molar-refractivity contribution in [3.63, 3.8) is 0 Å². The van der Waals surface area contributed by atoms with Crippen LogP contribution in [-0.2, 0) is 21.5 Å². The highest BCUT2D eigenvalue weighted by Crippen LogP contribution is 2.16. The average Bonchev–Trinajstić information content (AvgIpc) is 2.83. The van der Waals surface area contributed by atoms with Gasteiger partial charge in [-0.05, 0) is 13.0 Å². The van der Waals surface area contributed by atoms with Crippen molar-refractivity contribution in [2.24, 2.45) is 0 Å². The predicted molar refractivity (Wildman–Crippen MR) is 78.8 cm³/mol. The number of nitrogens with zero attached hydrogens (tertiary/aromatic N) is 1. The molecule has 0 atom stereocenters. The van der Waals surface area contributed by atoms with Gasteiger partial charge in [0.25, 0.3) is 0 Å². The molecule has 0 saturated heterocycles. The Hall–Kier alpha value is -1.60. The molecule has 1 aromatic heterocycles. The molecule has 0 aliphatic heterocycles. The summed E-state index contributed by atoms with van der Waals surface area (Å²) in [4.78, 5) is 11.9. The summed E-state index contributed by atoms with van der Waals surface area (Å²) in [5.41, 5.74) is 0.702. The van der Waals surface area contributed by atoms with Crippen molar-refractivity contribution in [3.8, 4) is 11.8 Å². The van der Waals surface area contributed by atoms with E-state index in [1.54, 1.807) is 23.1 Å². The molecule has 0 bridgehead atoms. The summed E-state index contributed by atoms with van der Waals surface area (Å²) >= 11 is 1.34. The van der Waals surface area contributed by atoms with Gasteiger partial charge in [-0.2, -0.15) is 12.7 Å². The van der Waals surface area contributed by atoms with Gasteiger partial charge in [0, 0.05) is 29.4 Å². The van der Waals surface area contributed by atoms with Gasteiger partial charge in [-0.25, -0.2) is 9.52 Å². The second kappa shape index (κ2) is 7.99. The lowest BCUT2D eigenvalue weighted by atomic mass is 10.3. The van der Waals surface area contributed by atoms with Crippen LogP contribution in [0.3, 0.4) is 0 Å². The third-order valence-corrected chi connectivity index (χ3v) is 4.54. The maximum Gasteiger partial charge on any atom is 0.421 e. The third-order valence-electron chi connectivity index (χ3n) is 2.24. The van der Waals surface area contributed by atoms with E-state index in [-0.39, 0.29) is 19.8 Å². The molecule has 0 aliphatic carbocycles. The number of hydrogen-bond acceptors (Lipinski definition) is 6. The van der Waals surface area contributed by atoms with E-state index in [1.165, 1.54) is 18.4 Å². The van der Waals surface area contributed by atoms with E-state index in [0.717, 1.165) is 9.18 Å². The van der Waals surface area contributed by atoms with E-state index in [2.05, 4.69) is 16.6 Å². The molecule has 116 valence electrons. The van der Waals surface area contributed by atoms with Crippen molar-refractivity contribution in [3.05, 3.63) is 21.9 Å². The zero-order valence-electron chi connectivity index (χ0n) is 11.6. The van der Waals surface area contributed by atoms with Gasteiger partial charge in [0.2, 0.25) is 0 Å². The highest BCUT2D eigenvalue weighted by Gasteiger charge is 2.21. The van der Waals surface area contributed by atoms with Gasteiger partial charge in [-0.1, -0.05) is 11.8 Å². The number of rotatable bonds is 5. The molecule has 0 fully saturated rings. The summed E-state index contributed by atoms with van der Waals surface area (Å²) < 4.78 is 31.0. The van der Waals surface area contributed by atoms with Crippen molar-refractivity contribution in [2.45, 2.75) is 13.5 Å². The molecule has 1 heterocycles. The van der Waals surface area contributed by atoms with Gasteiger partial charge in [-0.3, -0.25) is 0 Å². The molecule has 0 spiro atoms. The van der Waals surface area contributed by atoms with E-state index in [0.29, 0.717) is 5.56 Å². The van der Waals surface area contributed by atoms with Crippen LogP contribution in [-0.4, -0.2) is 44.2 Å². The molecule has 1 aromatic rings. The van der Waals surface area contributed by atoms with Crippen LogP contribution in [0.15, 0.2) is 11.4 Å². The van der Waals surface area contributed by atoms with Crippen LogP contribution < -0.4 is 4.72 Å². The fourth-order valence-corrected chi connectivity index (χ4v) is 3.00. The average molecular weight is 332 g/mol. The molecule has 1 rings (SSSR count). The molecule has 1 amide bonds. The van der Waals surface area contributed by atoms with Crippen LogP contribution in [0.25, 0.3) is 0 Å². The Kier molecular flexibility index (Phi) is 6.64. The van der Waals surface area contributed by atoms with E-state index >= 15 is 0 Å². The zero-order chi connectivity index (χ0) is 15.9. The number of carbonyl (C=O) groups excluding carboxylic acids is 1. The minimum atomic E-state index is -3.95. The van der Waals surface area contributed by atoms with Crippen LogP contribution in [0.4, 0.5) is 4.79 Å². The lowest BCUT2D eigenvalue weighted by Gasteiger charge is -2.16. The van der Waals surface area contributed by atoms with E-state index in [9.17, 15) is 13.2 Å². The van der Waals surface area contributed by atoms with Gasteiger partial charge in [0.15, 0.2) is 0 Å². The summed E-state index contributed by atoms with van der Waals surface area (Å²) in [7, 11) is -2.60. The van der Waals surface area contributed by atoms with Crippen LogP contribution in [0, 0.1) is 11.8 Å². The first-order chi connectivity index (χ1) is 9.89. The molecule has 0 aliphatic rings. The van der Waals surface area contributed by atoms with Crippen molar-refractivity contribution < 1.29 is 23.1 Å². The molecular weight excluding hydrogens is 316 g/mol. The molecule has 0 saturated carbocycles. The number of aliphatic hydroxyl groups excluding tert-OH is 1. The first-order valence-corrected chi connectivity index (χ1v) is 8.29. The topological polar surface area (TPSA) is 95.9 Å². The molecule has 2 N–H and O–H groups in total. The van der Waals surface area contributed by atoms with Crippen molar-refractivity contribution in [1.29, 1.82) is 0 Å². The van der Waals surface area contributed by atoms with Crippen LogP contribution in [0.5, 0.6) is 0 Å². The Bertz CT molecular complexity index is 642. The fraction of sp³-hybridized carbons (Fsp3) is 0.417. The molecule has 21 heavy (non-hydrogen) atoms. The summed E-state index contributed by atoms with van der Waals surface area (Å²) in [6.07, 6.45) is -1.01. The molecule has 0 unspecified atom stereocenters. The predicted octanol–water partition coefficient (Wildman–Crippen LogP) is 0.515. The molecular formula is C12H16N2O5S2. The van der Waals surface area contributed by atoms with Gasteiger partial charge in [0.1, 0.15) is 6.61 Å². The second-order valence-corrected chi connectivity index (χ2v) is 6.62. The monoisotopic (exact) mass is 332 g/mol. The Balaban J connectivity index is 2.69. The smallest absolute Gasteiger partial charge is 0.421 e. The Morgan fingerprint density at radius 1 is 1.57 bits per heavy atom. The fourth-order valence-electron chi connectivity index (χ4n) is 1.32. The number of amides is 1. The maximum absolute atomic E-state index is 11.9. The summed E-state index contributed by atoms with van der Waals surface area (Å²) in [5, 5.41) is 10.4. The molecule has 7 nitrogen and oxygen atoms in total. The van der Waals surface area contributed by atoms with Crippen molar-refractivity contribution >= 4 is 27.6 Å². The summed E-state index contributed by atoms with van der Waals surface area (Å²) in [5.74, 6) is 5.24. The number of thiophene rings is 1. The lowest BCUT2D eigenvalue weighted by molar-refractivity contribution is 0.158. The standard InChI is InChI=1S/C12H16N2O5S2/c1-3-19-12(16)13-21(17,18)14(2)8-11-7-10(9-20-11)5-4-6-15/h7,9,15H,3,6,8H2,1-2H3,(H,13,16). The Morgan fingerprint density at radius 3 is 2.90 bits per heavy atom. The van der Waals surface area contributed by atoms with Crippen LogP contribution in [0.1, 0.15) is 17.4 Å². The first kappa shape index (κ1) is 17.5. The first-order valence-electron chi connectivity index (χ1n) is 5.97. The molecule has 9 heteroatoms.